The molecule has 1 aromatic carbocycles. The summed E-state index contributed by atoms with van der Waals surface area (Å²) in [5.41, 5.74) is 0.364. The summed E-state index contributed by atoms with van der Waals surface area (Å²) in [6.45, 7) is 1.18. The van der Waals surface area contributed by atoms with Gasteiger partial charge in [-0.1, -0.05) is 6.07 Å². The Bertz CT molecular complexity index is 860. The van der Waals surface area contributed by atoms with Crippen LogP contribution in [0, 0.1) is 5.82 Å². The van der Waals surface area contributed by atoms with E-state index in [0.717, 1.165) is 11.4 Å². The first-order valence-electron chi connectivity index (χ1n) is 8.62. The van der Waals surface area contributed by atoms with E-state index in [-0.39, 0.29) is 11.3 Å². The van der Waals surface area contributed by atoms with Crippen LogP contribution < -0.4 is 0 Å². The summed E-state index contributed by atoms with van der Waals surface area (Å²) in [6, 6.07) is 8.28. The fourth-order valence-corrected chi connectivity index (χ4v) is 4.02. The number of amides is 1. The number of halogens is 1. The zero-order valence-corrected chi connectivity index (χ0v) is 16.0. The summed E-state index contributed by atoms with van der Waals surface area (Å²) in [4.78, 5) is 29.7. The topological polar surface area (TPSA) is 60.9 Å². The maximum absolute atomic E-state index is 13.2. The molecule has 142 valence electrons. The second kappa shape index (κ2) is 8.02. The lowest BCUT2D eigenvalue weighted by molar-refractivity contribution is -0.139. The van der Waals surface area contributed by atoms with Crippen molar-refractivity contribution in [3.05, 3.63) is 63.6 Å². The lowest BCUT2D eigenvalue weighted by atomic mass is 10.00. The van der Waals surface area contributed by atoms with Crippen LogP contribution in [0.15, 0.2) is 47.4 Å². The highest BCUT2D eigenvalue weighted by atomic mass is 32.1. The van der Waals surface area contributed by atoms with Crippen LogP contribution in [0.2, 0.25) is 0 Å². The third kappa shape index (κ3) is 3.94. The Morgan fingerprint density at radius 1 is 1.22 bits per heavy atom. The molecule has 0 aliphatic carbocycles. The average Bonchev–Trinajstić information content (AvgIpc) is 3.24. The quantitative estimate of drug-likeness (QED) is 0.469. The van der Waals surface area contributed by atoms with Crippen molar-refractivity contribution in [3.8, 4) is 0 Å². The molecule has 2 heterocycles. The van der Waals surface area contributed by atoms with Gasteiger partial charge in [-0.05, 0) is 62.8 Å². The number of rotatable bonds is 6. The molecule has 0 unspecified atom stereocenters. The van der Waals surface area contributed by atoms with Crippen LogP contribution in [-0.2, 0) is 9.59 Å². The van der Waals surface area contributed by atoms with E-state index in [9.17, 15) is 19.1 Å². The summed E-state index contributed by atoms with van der Waals surface area (Å²) in [7, 11) is 3.89. The van der Waals surface area contributed by atoms with E-state index in [2.05, 4.69) is 0 Å². The van der Waals surface area contributed by atoms with E-state index in [1.54, 1.807) is 0 Å². The molecule has 2 aromatic rings. The Kier molecular flexibility index (Phi) is 5.72. The van der Waals surface area contributed by atoms with Gasteiger partial charge in [-0.15, -0.1) is 11.3 Å². The Labute approximate surface area is 161 Å². The third-order valence-electron chi connectivity index (χ3n) is 4.47. The van der Waals surface area contributed by atoms with Crippen LogP contribution in [0.3, 0.4) is 0 Å². The number of hydrogen-bond donors (Lipinski definition) is 1. The number of carbonyl (C=O) groups excluding carboxylic acids is 2. The second-order valence-corrected chi connectivity index (χ2v) is 7.65. The Morgan fingerprint density at radius 2 is 1.93 bits per heavy atom. The van der Waals surface area contributed by atoms with Crippen molar-refractivity contribution in [2.45, 2.75) is 12.5 Å². The number of aliphatic hydroxyl groups is 1. The molecule has 1 atom stereocenters. The Morgan fingerprint density at radius 3 is 2.52 bits per heavy atom. The van der Waals surface area contributed by atoms with E-state index < -0.39 is 23.5 Å². The molecule has 0 radical (unpaired) electrons. The first-order valence-corrected chi connectivity index (χ1v) is 9.50. The number of aliphatic hydroxyl groups excluding tert-OH is 1. The fourth-order valence-electron chi connectivity index (χ4n) is 3.17. The highest BCUT2D eigenvalue weighted by Gasteiger charge is 2.46. The second-order valence-electron chi connectivity index (χ2n) is 6.67. The summed E-state index contributed by atoms with van der Waals surface area (Å²) < 4.78 is 13.2. The van der Waals surface area contributed by atoms with Crippen molar-refractivity contribution in [2.75, 3.05) is 27.2 Å². The molecule has 1 N–H and O–H groups in total. The molecule has 0 spiro atoms. The van der Waals surface area contributed by atoms with E-state index in [4.69, 9.17) is 0 Å². The molecule has 1 aliphatic heterocycles. The van der Waals surface area contributed by atoms with E-state index in [1.165, 1.54) is 40.5 Å². The molecule has 1 fully saturated rings. The number of Topliss-reactive ketones (excluding diaryl/α,β-unsaturated/α-hetero) is 1. The normalized spacial score (nSPS) is 19.3. The van der Waals surface area contributed by atoms with Crippen LogP contribution in [0.1, 0.15) is 22.9 Å². The number of benzene rings is 1. The highest BCUT2D eigenvalue weighted by molar-refractivity contribution is 7.10. The molecule has 1 amide bonds. The SMILES string of the molecule is CN(C)CCCN1C(=O)C(=O)C(=C(O)c2ccc(F)cc2)[C@@H]1c1cccs1. The van der Waals surface area contributed by atoms with Gasteiger partial charge in [-0.25, -0.2) is 4.39 Å². The van der Waals surface area contributed by atoms with Crippen LogP contribution in [0.5, 0.6) is 0 Å². The summed E-state index contributed by atoms with van der Waals surface area (Å²) in [6.07, 6.45) is 0.707. The summed E-state index contributed by atoms with van der Waals surface area (Å²) in [5, 5.41) is 12.6. The van der Waals surface area contributed by atoms with Crippen LogP contribution in [0.4, 0.5) is 4.39 Å². The zero-order chi connectivity index (χ0) is 19.6. The van der Waals surface area contributed by atoms with Crippen LogP contribution >= 0.6 is 11.3 Å². The standard InChI is InChI=1S/C20H21FN2O3S/c1-22(2)10-4-11-23-17(15-5-3-12-27-15)16(19(25)20(23)26)18(24)13-6-8-14(21)9-7-13/h3,5-9,12,17,24H,4,10-11H2,1-2H3/t17-/m0/s1. The number of hydrogen-bond acceptors (Lipinski definition) is 5. The van der Waals surface area contributed by atoms with Gasteiger partial charge in [0.25, 0.3) is 11.7 Å². The molecular formula is C20H21FN2O3S. The predicted molar refractivity (Wildman–Crippen MR) is 103 cm³/mol. The van der Waals surface area contributed by atoms with Crippen molar-refractivity contribution in [3.63, 3.8) is 0 Å². The van der Waals surface area contributed by atoms with Crippen molar-refractivity contribution >= 4 is 28.8 Å². The maximum Gasteiger partial charge on any atom is 0.295 e. The van der Waals surface area contributed by atoms with Gasteiger partial charge in [-0.2, -0.15) is 0 Å². The van der Waals surface area contributed by atoms with Gasteiger partial charge in [0.2, 0.25) is 0 Å². The lowest BCUT2D eigenvalue weighted by Gasteiger charge is -2.24. The van der Waals surface area contributed by atoms with E-state index in [0.29, 0.717) is 18.5 Å². The molecule has 27 heavy (non-hydrogen) atoms. The highest BCUT2D eigenvalue weighted by Crippen LogP contribution is 2.41. The number of thiophene rings is 1. The largest absolute Gasteiger partial charge is 0.507 e. The summed E-state index contributed by atoms with van der Waals surface area (Å²) >= 11 is 1.42. The molecular weight excluding hydrogens is 367 g/mol. The first-order chi connectivity index (χ1) is 12.9. The predicted octanol–water partition coefficient (Wildman–Crippen LogP) is 3.26. The minimum absolute atomic E-state index is 0.0545. The first kappa shape index (κ1) is 19.3. The van der Waals surface area contributed by atoms with Gasteiger partial charge in [0.1, 0.15) is 11.6 Å². The molecule has 0 bridgehead atoms. The van der Waals surface area contributed by atoms with Crippen molar-refractivity contribution in [2.24, 2.45) is 0 Å². The van der Waals surface area contributed by atoms with Gasteiger partial charge in [-0.3, -0.25) is 9.59 Å². The number of likely N-dealkylation sites (tertiary alicyclic amines) is 1. The maximum atomic E-state index is 13.2. The van der Waals surface area contributed by atoms with Gasteiger partial charge >= 0.3 is 0 Å². The molecule has 1 aliphatic rings. The van der Waals surface area contributed by atoms with Gasteiger partial charge in [0, 0.05) is 17.0 Å². The Hall–Kier alpha value is -2.51. The molecule has 7 heteroatoms. The van der Waals surface area contributed by atoms with E-state index >= 15 is 0 Å². The lowest BCUT2D eigenvalue weighted by Crippen LogP contribution is -2.32. The smallest absolute Gasteiger partial charge is 0.295 e. The van der Waals surface area contributed by atoms with Gasteiger partial charge in [0.05, 0.1) is 11.6 Å². The molecule has 0 saturated carbocycles. The van der Waals surface area contributed by atoms with Gasteiger partial charge < -0.3 is 14.9 Å². The monoisotopic (exact) mass is 388 g/mol. The van der Waals surface area contributed by atoms with Crippen molar-refractivity contribution in [1.82, 2.24) is 9.80 Å². The number of carbonyl (C=O) groups is 2. The van der Waals surface area contributed by atoms with Crippen LogP contribution in [-0.4, -0.2) is 53.8 Å². The molecule has 3 rings (SSSR count). The molecule has 1 aromatic heterocycles. The van der Waals surface area contributed by atoms with Crippen LogP contribution in [0.25, 0.3) is 5.76 Å². The number of ketones is 1. The van der Waals surface area contributed by atoms with E-state index in [1.807, 2.05) is 36.5 Å². The zero-order valence-electron chi connectivity index (χ0n) is 15.2. The Balaban J connectivity index is 2.03. The minimum Gasteiger partial charge on any atom is -0.507 e. The third-order valence-corrected chi connectivity index (χ3v) is 5.40. The van der Waals surface area contributed by atoms with Crippen molar-refractivity contribution in [1.29, 1.82) is 0 Å². The van der Waals surface area contributed by atoms with Crippen molar-refractivity contribution < 1.29 is 19.1 Å². The average molecular weight is 388 g/mol. The molecule has 5 nitrogen and oxygen atoms in total. The fraction of sp³-hybridized carbons (Fsp3) is 0.300. The summed E-state index contributed by atoms with van der Waals surface area (Å²) in [5.74, 6) is -2.04. The minimum atomic E-state index is -0.708. The number of nitrogens with zero attached hydrogens (tertiary/aromatic N) is 2. The van der Waals surface area contributed by atoms with Gasteiger partial charge in [0.15, 0.2) is 0 Å². The molecule has 1 saturated heterocycles.